The fourth-order valence-corrected chi connectivity index (χ4v) is 3.23. The molecule has 3 rings (SSSR count). The van der Waals surface area contributed by atoms with E-state index in [1.54, 1.807) is 0 Å². The van der Waals surface area contributed by atoms with Crippen molar-refractivity contribution in [3.8, 4) is 0 Å². The third-order valence-electron chi connectivity index (χ3n) is 4.31. The predicted octanol–water partition coefficient (Wildman–Crippen LogP) is 1.57. The second-order valence-corrected chi connectivity index (χ2v) is 5.51. The summed E-state index contributed by atoms with van der Waals surface area (Å²) in [5.74, 6) is -1.54. The molecule has 3 unspecified atom stereocenters. The van der Waals surface area contributed by atoms with Crippen LogP contribution < -0.4 is 10.6 Å². The molecule has 1 aromatic rings. The summed E-state index contributed by atoms with van der Waals surface area (Å²) in [6.45, 7) is 0.579. The molecule has 1 aliphatic carbocycles. The Morgan fingerprint density at radius 1 is 1.25 bits per heavy atom. The van der Waals surface area contributed by atoms with Gasteiger partial charge in [0.2, 0.25) is 5.91 Å². The summed E-state index contributed by atoms with van der Waals surface area (Å²) in [6, 6.07) is 7.53. The Bertz CT molecular complexity index is 544. The largest absolute Gasteiger partial charge is 0.481 e. The van der Waals surface area contributed by atoms with Crippen LogP contribution in [0.15, 0.2) is 24.3 Å². The topological polar surface area (TPSA) is 78.4 Å². The summed E-state index contributed by atoms with van der Waals surface area (Å²) in [7, 11) is 0. The van der Waals surface area contributed by atoms with Crippen molar-refractivity contribution in [3.05, 3.63) is 29.8 Å². The highest BCUT2D eigenvalue weighted by Gasteiger charge is 2.36. The minimum atomic E-state index is -0.808. The molecule has 5 heteroatoms. The maximum Gasteiger partial charge on any atom is 0.308 e. The van der Waals surface area contributed by atoms with E-state index < -0.39 is 11.9 Å². The van der Waals surface area contributed by atoms with E-state index in [0.717, 1.165) is 24.1 Å². The average Bonchev–Trinajstić information content (AvgIpc) is 3.04. The Hall–Kier alpha value is -2.04. The second kappa shape index (κ2) is 5.15. The van der Waals surface area contributed by atoms with Gasteiger partial charge in [-0.25, -0.2) is 0 Å². The predicted molar refractivity (Wildman–Crippen MR) is 74.6 cm³/mol. The lowest BCUT2D eigenvalue weighted by Crippen LogP contribution is -2.42. The Kier molecular flexibility index (Phi) is 3.34. The molecule has 3 atom stereocenters. The number of amides is 1. The van der Waals surface area contributed by atoms with Crippen LogP contribution in [0.5, 0.6) is 0 Å². The van der Waals surface area contributed by atoms with Crippen LogP contribution in [0.4, 0.5) is 5.69 Å². The van der Waals surface area contributed by atoms with Crippen molar-refractivity contribution in [1.29, 1.82) is 0 Å². The molecule has 1 aromatic carbocycles. The first kappa shape index (κ1) is 13.0. The number of para-hydroxylation sites is 1. The van der Waals surface area contributed by atoms with E-state index in [2.05, 4.69) is 10.6 Å². The van der Waals surface area contributed by atoms with Gasteiger partial charge in [-0.3, -0.25) is 9.59 Å². The van der Waals surface area contributed by atoms with Crippen LogP contribution in [0.1, 0.15) is 30.7 Å². The van der Waals surface area contributed by atoms with Gasteiger partial charge in [-0.05, 0) is 24.5 Å². The van der Waals surface area contributed by atoms with Crippen LogP contribution in [0.3, 0.4) is 0 Å². The lowest BCUT2D eigenvalue weighted by Gasteiger charge is -2.20. The van der Waals surface area contributed by atoms with Crippen molar-refractivity contribution in [2.24, 2.45) is 5.92 Å². The number of nitrogens with one attached hydrogen (secondary N) is 2. The van der Waals surface area contributed by atoms with Gasteiger partial charge in [0, 0.05) is 18.3 Å². The third kappa shape index (κ3) is 2.24. The van der Waals surface area contributed by atoms with E-state index in [0.29, 0.717) is 13.0 Å². The molecule has 0 bridgehead atoms. The summed E-state index contributed by atoms with van der Waals surface area (Å²) in [4.78, 5) is 23.5. The summed E-state index contributed by atoms with van der Waals surface area (Å²) < 4.78 is 0. The third-order valence-corrected chi connectivity index (χ3v) is 4.31. The van der Waals surface area contributed by atoms with Gasteiger partial charge in [-0.1, -0.05) is 24.6 Å². The smallest absolute Gasteiger partial charge is 0.308 e. The summed E-state index contributed by atoms with van der Waals surface area (Å²) in [5.41, 5.74) is 1.99. The zero-order valence-corrected chi connectivity index (χ0v) is 11.1. The second-order valence-electron chi connectivity index (χ2n) is 5.51. The maximum atomic E-state index is 12.4. The molecule has 1 fully saturated rings. The van der Waals surface area contributed by atoms with Crippen LogP contribution in [0.25, 0.3) is 0 Å². The van der Waals surface area contributed by atoms with Gasteiger partial charge in [-0.15, -0.1) is 0 Å². The van der Waals surface area contributed by atoms with Crippen molar-refractivity contribution in [1.82, 2.24) is 5.32 Å². The number of anilines is 1. The molecule has 106 valence electrons. The monoisotopic (exact) mass is 274 g/mol. The van der Waals surface area contributed by atoms with Crippen molar-refractivity contribution in [3.63, 3.8) is 0 Å². The van der Waals surface area contributed by atoms with E-state index in [9.17, 15) is 9.59 Å². The standard InChI is InChI=1S/C15H18N2O3/c18-14(17-13-7-3-5-10(13)15(19)20)11-8-16-12-6-2-1-4-9(11)12/h1-2,4,6,10-11,13,16H,3,5,7-8H2,(H,17,18)(H,19,20). The lowest BCUT2D eigenvalue weighted by atomic mass is 9.98. The molecule has 0 radical (unpaired) electrons. The lowest BCUT2D eigenvalue weighted by molar-refractivity contribution is -0.142. The zero-order chi connectivity index (χ0) is 14.1. The first-order valence-electron chi connectivity index (χ1n) is 7.03. The number of rotatable bonds is 3. The van der Waals surface area contributed by atoms with Crippen LogP contribution in [0, 0.1) is 5.92 Å². The Morgan fingerprint density at radius 2 is 2.05 bits per heavy atom. The number of carbonyl (C=O) groups is 2. The van der Waals surface area contributed by atoms with Gasteiger partial charge in [0.05, 0.1) is 11.8 Å². The van der Waals surface area contributed by atoms with Crippen molar-refractivity contribution in [2.75, 3.05) is 11.9 Å². The van der Waals surface area contributed by atoms with Gasteiger partial charge < -0.3 is 15.7 Å². The molecule has 2 aliphatic rings. The minimum absolute atomic E-state index is 0.0689. The zero-order valence-electron chi connectivity index (χ0n) is 11.1. The first-order chi connectivity index (χ1) is 9.66. The summed E-state index contributed by atoms with van der Waals surface area (Å²) in [6.07, 6.45) is 2.27. The molecule has 1 aliphatic heterocycles. The van der Waals surface area contributed by atoms with Gasteiger partial charge in [0.1, 0.15) is 0 Å². The number of carboxylic acid groups (broad SMARTS) is 1. The van der Waals surface area contributed by atoms with Gasteiger partial charge in [0.15, 0.2) is 0 Å². The van der Waals surface area contributed by atoms with E-state index in [1.165, 1.54) is 0 Å². The van der Waals surface area contributed by atoms with Gasteiger partial charge >= 0.3 is 5.97 Å². The van der Waals surface area contributed by atoms with E-state index in [-0.39, 0.29) is 17.9 Å². The molecule has 1 amide bonds. The van der Waals surface area contributed by atoms with Crippen molar-refractivity contribution in [2.45, 2.75) is 31.2 Å². The molecular formula is C15H18N2O3. The molecule has 0 saturated heterocycles. The highest BCUT2D eigenvalue weighted by Crippen LogP contribution is 2.32. The van der Waals surface area contributed by atoms with Crippen LogP contribution in [-0.4, -0.2) is 29.6 Å². The molecule has 0 spiro atoms. The number of aliphatic carboxylic acids is 1. The Balaban J connectivity index is 1.70. The fourth-order valence-electron chi connectivity index (χ4n) is 3.23. The summed E-state index contributed by atoms with van der Waals surface area (Å²) >= 11 is 0. The van der Waals surface area contributed by atoms with E-state index in [4.69, 9.17) is 5.11 Å². The van der Waals surface area contributed by atoms with Gasteiger partial charge in [-0.2, -0.15) is 0 Å². The fraction of sp³-hybridized carbons (Fsp3) is 0.467. The Morgan fingerprint density at radius 3 is 2.85 bits per heavy atom. The number of hydrogen-bond acceptors (Lipinski definition) is 3. The summed E-state index contributed by atoms with van der Waals surface area (Å²) in [5, 5.41) is 15.3. The minimum Gasteiger partial charge on any atom is -0.481 e. The van der Waals surface area contributed by atoms with Crippen LogP contribution in [0.2, 0.25) is 0 Å². The van der Waals surface area contributed by atoms with E-state index >= 15 is 0 Å². The number of fused-ring (bicyclic) bond motifs is 1. The van der Waals surface area contributed by atoms with Gasteiger partial charge in [0.25, 0.3) is 0 Å². The molecular weight excluding hydrogens is 256 g/mol. The number of carboxylic acids is 1. The maximum absolute atomic E-state index is 12.4. The number of carbonyl (C=O) groups excluding carboxylic acids is 1. The Labute approximate surface area is 117 Å². The SMILES string of the molecule is O=C(NC1CCCC1C(=O)O)C1CNc2ccccc21. The number of benzene rings is 1. The van der Waals surface area contributed by atoms with Crippen molar-refractivity contribution < 1.29 is 14.7 Å². The molecule has 1 heterocycles. The highest BCUT2D eigenvalue weighted by molar-refractivity contribution is 5.88. The van der Waals surface area contributed by atoms with Crippen LogP contribution >= 0.6 is 0 Å². The molecule has 20 heavy (non-hydrogen) atoms. The molecule has 0 aromatic heterocycles. The quantitative estimate of drug-likeness (QED) is 0.781. The first-order valence-corrected chi connectivity index (χ1v) is 7.03. The van der Waals surface area contributed by atoms with Crippen molar-refractivity contribution >= 4 is 17.6 Å². The van der Waals surface area contributed by atoms with E-state index in [1.807, 2.05) is 24.3 Å². The van der Waals surface area contributed by atoms with Crippen LogP contribution in [-0.2, 0) is 9.59 Å². The normalized spacial score (nSPS) is 27.7. The molecule has 1 saturated carbocycles. The highest BCUT2D eigenvalue weighted by atomic mass is 16.4. The average molecular weight is 274 g/mol. The number of hydrogen-bond donors (Lipinski definition) is 3. The molecule has 5 nitrogen and oxygen atoms in total. The molecule has 3 N–H and O–H groups in total.